The standard InChI is InChI=1S/C12H13F3N4O/c13-12(14,15)9-3-1-2-8(6-9)7-17-11-19-18-10(20-11)4-5-16/h1-3,6H,4-5,7,16H2,(H,17,19). The second-order valence-corrected chi connectivity index (χ2v) is 4.09. The van der Waals surface area contributed by atoms with E-state index in [0.29, 0.717) is 24.4 Å². The zero-order valence-corrected chi connectivity index (χ0v) is 10.4. The number of anilines is 1. The van der Waals surface area contributed by atoms with Gasteiger partial charge in [0.15, 0.2) is 0 Å². The van der Waals surface area contributed by atoms with E-state index in [0.717, 1.165) is 12.1 Å². The lowest BCUT2D eigenvalue weighted by molar-refractivity contribution is -0.137. The van der Waals surface area contributed by atoms with E-state index in [1.165, 1.54) is 6.07 Å². The molecule has 0 atom stereocenters. The molecule has 0 spiro atoms. The normalized spacial score (nSPS) is 11.6. The predicted molar refractivity (Wildman–Crippen MR) is 65.8 cm³/mol. The molecular weight excluding hydrogens is 273 g/mol. The molecule has 3 N–H and O–H groups in total. The molecule has 8 heteroatoms. The van der Waals surface area contributed by atoms with Gasteiger partial charge in [-0.3, -0.25) is 0 Å². The van der Waals surface area contributed by atoms with E-state index in [1.807, 2.05) is 0 Å². The van der Waals surface area contributed by atoms with Gasteiger partial charge in [-0.25, -0.2) is 0 Å². The first-order valence-corrected chi connectivity index (χ1v) is 5.91. The van der Waals surface area contributed by atoms with E-state index in [4.69, 9.17) is 10.2 Å². The fourth-order valence-electron chi connectivity index (χ4n) is 1.58. The molecule has 0 unspecified atom stereocenters. The maximum atomic E-state index is 12.5. The number of hydrogen-bond donors (Lipinski definition) is 2. The first-order chi connectivity index (χ1) is 9.49. The lowest BCUT2D eigenvalue weighted by Gasteiger charge is -2.08. The Morgan fingerprint density at radius 1 is 1.25 bits per heavy atom. The molecule has 20 heavy (non-hydrogen) atoms. The monoisotopic (exact) mass is 286 g/mol. The third kappa shape index (κ3) is 3.70. The summed E-state index contributed by atoms with van der Waals surface area (Å²) in [6.07, 6.45) is -3.90. The summed E-state index contributed by atoms with van der Waals surface area (Å²) in [5, 5.41) is 10.2. The quantitative estimate of drug-likeness (QED) is 0.881. The van der Waals surface area contributed by atoms with E-state index < -0.39 is 11.7 Å². The summed E-state index contributed by atoms with van der Waals surface area (Å²) in [6.45, 7) is 0.545. The van der Waals surface area contributed by atoms with Gasteiger partial charge in [-0.1, -0.05) is 17.2 Å². The van der Waals surface area contributed by atoms with Crippen molar-refractivity contribution in [1.29, 1.82) is 0 Å². The van der Waals surface area contributed by atoms with Gasteiger partial charge in [0, 0.05) is 19.5 Å². The van der Waals surface area contributed by atoms with E-state index in [9.17, 15) is 13.2 Å². The van der Waals surface area contributed by atoms with Crippen LogP contribution in [0.2, 0.25) is 0 Å². The highest BCUT2D eigenvalue weighted by Crippen LogP contribution is 2.29. The Morgan fingerprint density at radius 2 is 2.05 bits per heavy atom. The molecule has 0 bridgehead atoms. The zero-order chi connectivity index (χ0) is 14.6. The average Bonchev–Trinajstić information content (AvgIpc) is 2.84. The average molecular weight is 286 g/mol. The molecule has 0 aliphatic heterocycles. The number of alkyl halides is 3. The summed E-state index contributed by atoms with van der Waals surface area (Å²) in [6, 6.07) is 5.19. The lowest BCUT2D eigenvalue weighted by atomic mass is 10.1. The minimum Gasteiger partial charge on any atom is -0.408 e. The SMILES string of the molecule is NCCc1nnc(NCc2cccc(C(F)(F)F)c2)o1. The van der Waals surface area contributed by atoms with Crippen molar-refractivity contribution in [2.75, 3.05) is 11.9 Å². The smallest absolute Gasteiger partial charge is 0.408 e. The Balaban J connectivity index is 1.99. The van der Waals surface area contributed by atoms with Crippen molar-refractivity contribution in [3.63, 3.8) is 0 Å². The van der Waals surface area contributed by atoms with Crippen molar-refractivity contribution in [1.82, 2.24) is 10.2 Å². The summed E-state index contributed by atoms with van der Waals surface area (Å²) in [7, 11) is 0. The van der Waals surface area contributed by atoms with Crippen molar-refractivity contribution < 1.29 is 17.6 Å². The second kappa shape index (κ2) is 5.91. The molecule has 0 saturated heterocycles. The van der Waals surface area contributed by atoms with Crippen molar-refractivity contribution in [3.8, 4) is 0 Å². The number of nitrogens with one attached hydrogen (secondary N) is 1. The Labute approximate surface area is 113 Å². The molecule has 0 aliphatic rings. The zero-order valence-electron chi connectivity index (χ0n) is 10.4. The second-order valence-electron chi connectivity index (χ2n) is 4.09. The number of nitrogens with two attached hydrogens (primary N) is 1. The van der Waals surface area contributed by atoms with Crippen molar-refractivity contribution in [3.05, 3.63) is 41.3 Å². The minimum atomic E-state index is -4.35. The molecule has 5 nitrogen and oxygen atoms in total. The Hall–Kier alpha value is -2.09. The Bertz CT molecular complexity index is 568. The van der Waals surface area contributed by atoms with Crippen LogP contribution in [0.1, 0.15) is 17.0 Å². The van der Waals surface area contributed by atoms with Gasteiger partial charge in [0.2, 0.25) is 5.89 Å². The molecule has 1 heterocycles. The topological polar surface area (TPSA) is 77.0 Å². The van der Waals surface area contributed by atoms with Crippen LogP contribution in [0.5, 0.6) is 0 Å². The fraction of sp³-hybridized carbons (Fsp3) is 0.333. The maximum Gasteiger partial charge on any atom is 0.416 e. The van der Waals surface area contributed by atoms with Crippen LogP contribution in [0.25, 0.3) is 0 Å². The molecule has 1 aromatic carbocycles. The molecule has 108 valence electrons. The lowest BCUT2D eigenvalue weighted by Crippen LogP contribution is -2.07. The van der Waals surface area contributed by atoms with Crippen LogP contribution in [0, 0.1) is 0 Å². The maximum absolute atomic E-state index is 12.5. The van der Waals surface area contributed by atoms with E-state index in [2.05, 4.69) is 15.5 Å². The van der Waals surface area contributed by atoms with Crippen molar-refractivity contribution >= 4 is 6.01 Å². The summed E-state index contributed by atoms with van der Waals surface area (Å²) in [4.78, 5) is 0. The third-order valence-corrected chi connectivity index (χ3v) is 2.52. The van der Waals surface area contributed by atoms with Crippen LogP contribution in [0.15, 0.2) is 28.7 Å². The summed E-state index contributed by atoms with van der Waals surface area (Å²) in [5.74, 6) is 0.388. The minimum absolute atomic E-state index is 0.158. The molecular formula is C12H13F3N4O. The summed E-state index contributed by atoms with van der Waals surface area (Å²) in [5.41, 5.74) is 5.12. The molecule has 0 amide bonds. The van der Waals surface area contributed by atoms with Gasteiger partial charge in [0.05, 0.1) is 5.56 Å². The molecule has 2 rings (SSSR count). The third-order valence-electron chi connectivity index (χ3n) is 2.52. The number of hydrogen-bond acceptors (Lipinski definition) is 5. The van der Waals surface area contributed by atoms with Crippen LogP contribution >= 0.6 is 0 Å². The van der Waals surface area contributed by atoms with Crippen LogP contribution in [-0.4, -0.2) is 16.7 Å². The first-order valence-electron chi connectivity index (χ1n) is 5.91. The largest absolute Gasteiger partial charge is 0.416 e. The highest BCUT2D eigenvalue weighted by Gasteiger charge is 2.30. The number of nitrogens with zero attached hydrogens (tertiary/aromatic N) is 2. The molecule has 2 aromatic rings. The summed E-state index contributed by atoms with van der Waals surface area (Å²) >= 11 is 0. The predicted octanol–water partition coefficient (Wildman–Crippen LogP) is 2.20. The van der Waals surface area contributed by atoms with Crippen LogP contribution in [0.4, 0.5) is 19.2 Å². The van der Waals surface area contributed by atoms with Gasteiger partial charge in [-0.15, -0.1) is 5.10 Å². The molecule has 0 aliphatic carbocycles. The van der Waals surface area contributed by atoms with Crippen molar-refractivity contribution in [2.45, 2.75) is 19.1 Å². The molecule has 1 aromatic heterocycles. The van der Waals surface area contributed by atoms with Gasteiger partial charge < -0.3 is 15.5 Å². The molecule has 0 saturated carbocycles. The number of rotatable bonds is 5. The van der Waals surface area contributed by atoms with Crippen LogP contribution in [0.3, 0.4) is 0 Å². The number of benzene rings is 1. The first kappa shape index (κ1) is 14.3. The Morgan fingerprint density at radius 3 is 2.75 bits per heavy atom. The Kier molecular flexibility index (Phi) is 4.23. The molecule has 0 radical (unpaired) electrons. The van der Waals surface area contributed by atoms with E-state index in [-0.39, 0.29) is 12.6 Å². The number of aromatic nitrogens is 2. The molecule has 0 fully saturated rings. The van der Waals surface area contributed by atoms with Crippen molar-refractivity contribution in [2.24, 2.45) is 5.73 Å². The van der Waals surface area contributed by atoms with Gasteiger partial charge in [0.25, 0.3) is 0 Å². The highest BCUT2D eigenvalue weighted by atomic mass is 19.4. The van der Waals surface area contributed by atoms with Crippen LogP contribution in [-0.2, 0) is 19.1 Å². The summed E-state index contributed by atoms with van der Waals surface area (Å²) < 4.78 is 42.8. The van der Waals surface area contributed by atoms with Crippen LogP contribution < -0.4 is 11.1 Å². The number of halogens is 3. The van der Waals surface area contributed by atoms with Gasteiger partial charge in [-0.2, -0.15) is 13.2 Å². The van der Waals surface area contributed by atoms with Gasteiger partial charge in [0.1, 0.15) is 0 Å². The fourth-order valence-corrected chi connectivity index (χ4v) is 1.58. The van der Waals surface area contributed by atoms with E-state index >= 15 is 0 Å². The van der Waals surface area contributed by atoms with E-state index in [1.54, 1.807) is 6.07 Å². The van der Waals surface area contributed by atoms with Gasteiger partial charge >= 0.3 is 12.2 Å². The van der Waals surface area contributed by atoms with Gasteiger partial charge in [-0.05, 0) is 17.7 Å². The highest BCUT2D eigenvalue weighted by molar-refractivity contribution is 5.29.